The van der Waals surface area contributed by atoms with Crippen molar-refractivity contribution in [1.29, 1.82) is 0 Å². The number of benzene rings is 1. The highest BCUT2D eigenvalue weighted by Crippen LogP contribution is 2.19. The van der Waals surface area contributed by atoms with Gasteiger partial charge in [-0.15, -0.1) is 0 Å². The molecule has 1 aliphatic heterocycles. The van der Waals surface area contributed by atoms with Crippen LogP contribution in [0.5, 0.6) is 0 Å². The molecule has 1 heterocycles. The second-order valence-electron chi connectivity index (χ2n) is 6.70. The molecule has 0 bridgehead atoms. The zero-order chi connectivity index (χ0) is 16.6. The van der Waals surface area contributed by atoms with Gasteiger partial charge in [-0.1, -0.05) is 23.8 Å². The lowest BCUT2D eigenvalue weighted by atomic mass is 9.97. The summed E-state index contributed by atoms with van der Waals surface area (Å²) in [6, 6.07) is 8.00. The van der Waals surface area contributed by atoms with Crippen molar-refractivity contribution in [3.05, 3.63) is 47.0 Å². The summed E-state index contributed by atoms with van der Waals surface area (Å²) in [5.74, 6) is 0.0318. The van der Waals surface area contributed by atoms with Crippen LogP contribution in [0.1, 0.15) is 48.0 Å². The van der Waals surface area contributed by atoms with Gasteiger partial charge in [0.05, 0.1) is 13.2 Å². The minimum absolute atomic E-state index is 0.0318. The van der Waals surface area contributed by atoms with Crippen molar-refractivity contribution in [2.24, 2.45) is 0 Å². The lowest BCUT2D eigenvalue weighted by Crippen LogP contribution is -2.35. The molecule has 1 fully saturated rings. The van der Waals surface area contributed by atoms with E-state index in [1.807, 2.05) is 12.1 Å². The Labute approximate surface area is 144 Å². The molecule has 1 aromatic carbocycles. The second kappa shape index (κ2) is 9.00. The Balaban J connectivity index is 1.43. The Bertz CT molecular complexity index is 560. The molecule has 1 amide bonds. The van der Waals surface area contributed by atoms with Gasteiger partial charge in [-0.3, -0.25) is 9.69 Å². The van der Waals surface area contributed by atoms with Gasteiger partial charge >= 0.3 is 0 Å². The van der Waals surface area contributed by atoms with Crippen LogP contribution in [0, 0.1) is 0 Å². The Hall–Kier alpha value is -1.65. The molecule has 0 radical (unpaired) electrons. The van der Waals surface area contributed by atoms with Crippen LogP contribution < -0.4 is 5.32 Å². The third-order valence-corrected chi connectivity index (χ3v) is 4.84. The number of carbonyl (C=O) groups excluding carboxylic acids is 1. The van der Waals surface area contributed by atoms with E-state index in [0.717, 1.165) is 51.4 Å². The van der Waals surface area contributed by atoms with Crippen LogP contribution >= 0.6 is 0 Å². The number of nitrogens with one attached hydrogen (secondary N) is 1. The number of morpholine rings is 1. The van der Waals surface area contributed by atoms with Crippen LogP contribution in [0.3, 0.4) is 0 Å². The number of allylic oxidation sites excluding steroid dienone is 1. The fourth-order valence-electron chi connectivity index (χ4n) is 3.35. The van der Waals surface area contributed by atoms with Crippen molar-refractivity contribution < 1.29 is 9.53 Å². The van der Waals surface area contributed by atoms with Gasteiger partial charge in [0.1, 0.15) is 0 Å². The zero-order valence-corrected chi connectivity index (χ0v) is 14.4. The van der Waals surface area contributed by atoms with E-state index in [-0.39, 0.29) is 5.91 Å². The molecule has 1 saturated heterocycles. The van der Waals surface area contributed by atoms with Crippen molar-refractivity contribution in [3.63, 3.8) is 0 Å². The molecule has 2 aliphatic rings. The summed E-state index contributed by atoms with van der Waals surface area (Å²) in [5, 5.41) is 3.04. The van der Waals surface area contributed by atoms with Crippen LogP contribution in [-0.4, -0.2) is 43.7 Å². The smallest absolute Gasteiger partial charge is 0.251 e. The minimum atomic E-state index is 0.0318. The summed E-state index contributed by atoms with van der Waals surface area (Å²) in [6.07, 6.45) is 8.34. The predicted octanol–water partition coefficient (Wildman–Crippen LogP) is 3.14. The number of rotatable bonds is 6. The zero-order valence-electron chi connectivity index (χ0n) is 14.4. The van der Waals surface area contributed by atoms with Crippen LogP contribution in [0.15, 0.2) is 35.9 Å². The maximum atomic E-state index is 12.2. The lowest BCUT2D eigenvalue weighted by Gasteiger charge is -2.26. The van der Waals surface area contributed by atoms with Crippen molar-refractivity contribution >= 4 is 5.91 Å². The fourth-order valence-corrected chi connectivity index (χ4v) is 3.35. The summed E-state index contributed by atoms with van der Waals surface area (Å²) < 4.78 is 5.37. The topological polar surface area (TPSA) is 41.6 Å². The molecule has 0 saturated carbocycles. The summed E-state index contributed by atoms with van der Waals surface area (Å²) in [7, 11) is 0. The number of hydrogen-bond donors (Lipinski definition) is 1. The standard InChI is InChI=1S/C20H28N2O2/c23-20(21-11-10-17-4-2-1-3-5-17)19-8-6-18(7-9-19)16-22-12-14-24-15-13-22/h4,6-9H,1-3,5,10-16H2,(H,21,23). The third kappa shape index (κ3) is 5.18. The first-order valence-electron chi connectivity index (χ1n) is 9.16. The highest BCUT2D eigenvalue weighted by atomic mass is 16.5. The summed E-state index contributed by atoms with van der Waals surface area (Å²) in [6.45, 7) is 5.27. The number of ether oxygens (including phenoxy) is 1. The first-order chi connectivity index (χ1) is 11.8. The maximum absolute atomic E-state index is 12.2. The highest BCUT2D eigenvalue weighted by Gasteiger charge is 2.11. The van der Waals surface area contributed by atoms with Gasteiger partial charge in [0.15, 0.2) is 0 Å². The predicted molar refractivity (Wildman–Crippen MR) is 96.0 cm³/mol. The SMILES string of the molecule is O=C(NCCC1=CCCCC1)c1ccc(CN2CCOCC2)cc1. The van der Waals surface area contributed by atoms with Crippen LogP contribution in [-0.2, 0) is 11.3 Å². The van der Waals surface area contributed by atoms with E-state index in [9.17, 15) is 4.79 Å². The van der Waals surface area contributed by atoms with E-state index in [2.05, 4.69) is 28.4 Å². The van der Waals surface area contributed by atoms with Gasteiger partial charge < -0.3 is 10.1 Å². The van der Waals surface area contributed by atoms with Crippen LogP contribution in [0.25, 0.3) is 0 Å². The molecule has 1 aromatic rings. The normalized spacial score (nSPS) is 18.9. The molecule has 3 rings (SSSR count). The van der Waals surface area contributed by atoms with Gasteiger partial charge in [-0.25, -0.2) is 0 Å². The van der Waals surface area contributed by atoms with E-state index in [1.165, 1.54) is 36.8 Å². The summed E-state index contributed by atoms with van der Waals surface area (Å²) >= 11 is 0. The van der Waals surface area contributed by atoms with Crippen molar-refractivity contribution in [1.82, 2.24) is 10.2 Å². The molecule has 0 unspecified atom stereocenters. The highest BCUT2D eigenvalue weighted by molar-refractivity contribution is 5.94. The van der Waals surface area contributed by atoms with E-state index >= 15 is 0 Å². The van der Waals surface area contributed by atoms with Crippen molar-refractivity contribution in [2.45, 2.75) is 38.6 Å². The van der Waals surface area contributed by atoms with Gasteiger partial charge in [0.2, 0.25) is 0 Å². The monoisotopic (exact) mass is 328 g/mol. The van der Waals surface area contributed by atoms with Crippen molar-refractivity contribution in [3.8, 4) is 0 Å². The summed E-state index contributed by atoms with van der Waals surface area (Å²) in [4.78, 5) is 14.6. The quantitative estimate of drug-likeness (QED) is 0.816. The molecular formula is C20H28N2O2. The second-order valence-corrected chi connectivity index (χ2v) is 6.70. The Morgan fingerprint density at radius 1 is 1.12 bits per heavy atom. The molecular weight excluding hydrogens is 300 g/mol. The van der Waals surface area contributed by atoms with Gasteiger partial charge in [-0.05, 0) is 49.8 Å². The first-order valence-corrected chi connectivity index (χ1v) is 9.16. The third-order valence-electron chi connectivity index (χ3n) is 4.84. The minimum Gasteiger partial charge on any atom is -0.379 e. The summed E-state index contributed by atoms with van der Waals surface area (Å²) in [5.41, 5.74) is 3.50. The van der Waals surface area contributed by atoms with E-state index in [4.69, 9.17) is 4.74 Å². The Kier molecular flexibility index (Phi) is 6.44. The van der Waals surface area contributed by atoms with E-state index in [0.29, 0.717) is 0 Å². The van der Waals surface area contributed by atoms with Gasteiger partial charge in [0, 0.05) is 31.7 Å². The Morgan fingerprint density at radius 2 is 1.92 bits per heavy atom. The molecule has 4 nitrogen and oxygen atoms in total. The van der Waals surface area contributed by atoms with E-state index < -0.39 is 0 Å². The molecule has 1 N–H and O–H groups in total. The van der Waals surface area contributed by atoms with Gasteiger partial charge in [-0.2, -0.15) is 0 Å². The number of amides is 1. The average Bonchev–Trinajstić information content (AvgIpc) is 2.64. The number of nitrogens with zero attached hydrogens (tertiary/aromatic N) is 1. The van der Waals surface area contributed by atoms with Crippen LogP contribution in [0.4, 0.5) is 0 Å². The molecule has 1 aliphatic carbocycles. The van der Waals surface area contributed by atoms with Crippen LogP contribution in [0.2, 0.25) is 0 Å². The molecule has 130 valence electrons. The molecule has 4 heteroatoms. The largest absolute Gasteiger partial charge is 0.379 e. The number of hydrogen-bond acceptors (Lipinski definition) is 3. The van der Waals surface area contributed by atoms with E-state index in [1.54, 1.807) is 0 Å². The molecule has 24 heavy (non-hydrogen) atoms. The molecule has 0 atom stereocenters. The Morgan fingerprint density at radius 3 is 2.62 bits per heavy atom. The lowest BCUT2D eigenvalue weighted by molar-refractivity contribution is 0.0342. The average molecular weight is 328 g/mol. The maximum Gasteiger partial charge on any atom is 0.251 e. The molecule has 0 spiro atoms. The van der Waals surface area contributed by atoms with Gasteiger partial charge in [0.25, 0.3) is 5.91 Å². The molecule has 0 aromatic heterocycles. The number of carbonyl (C=O) groups is 1. The fraction of sp³-hybridized carbons (Fsp3) is 0.550. The van der Waals surface area contributed by atoms with Crippen molar-refractivity contribution in [2.75, 3.05) is 32.8 Å². The first kappa shape index (κ1) is 17.2.